The minimum absolute atomic E-state index is 0.0182. The highest BCUT2D eigenvalue weighted by Crippen LogP contribution is 2.41. The highest BCUT2D eigenvalue weighted by atomic mass is 32.2. The van der Waals surface area contributed by atoms with Crippen LogP contribution in [0.25, 0.3) is 0 Å². The number of hydrogen-bond donors (Lipinski definition) is 1. The van der Waals surface area contributed by atoms with Gasteiger partial charge in [-0.2, -0.15) is 4.99 Å². The van der Waals surface area contributed by atoms with Gasteiger partial charge >= 0.3 is 6.09 Å². The number of ether oxygens (including phenoxy) is 1. The molecule has 2 atom stereocenters. The molecule has 1 aromatic rings. The predicted molar refractivity (Wildman–Crippen MR) is 128 cm³/mol. The molecule has 3 rings (SSSR count). The van der Waals surface area contributed by atoms with Crippen LogP contribution in [0.1, 0.15) is 27.2 Å². The van der Waals surface area contributed by atoms with E-state index in [-0.39, 0.29) is 41.7 Å². The zero-order valence-electron chi connectivity index (χ0n) is 19.0. The van der Waals surface area contributed by atoms with E-state index in [0.717, 1.165) is 11.4 Å². The lowest BCUT2D eigenvalue weighted by atomic mass is 10.2. The van der Waals surface area contributed by atoms with Crippen LogP contribution in [0.15, 0.2) is 29.3 Å². The summed E-state index contributed by atoms with van der Waals surface area (Å²) in [5.41, 5.74) is 1.19. The van der Waals surface area contributed by atoms with Crippen LogP contribution in [0, 0.1) is 0 Å². The zero-order valence-corrected chi connectivity index (χ0v) is 20.6. The van der Waals surface area contributed by atoms with Gasteiger partial charge < -0.3 is 19.9 Å². The molecule has 0 aliphatic carbocycles. The first kappa shape index (κ1) is 24.4. The Morgan fingerprint density at radius 3 is 2.47 bits per heavy atom. The fraction of sp³-hybridized carbons (Fsp3) is 0.571. The quantitative estimate of drug-likeness (QED) is 0.681. The maximum atomic E-state index is 12.5. The number of carbonyl (C=O) groups excluding carboxylic acids is 2. The van der Waals surface area contributed by atoms with Crippen molar-refractivity contribution >= 4 is 50.1 Å². The minimum atomic E-state index is -3.13. The molecule has 2 heterocycles. The Hall–Kier alpha value is -2.27. The summed E-state index contributed by atoms with van der Waals surface area (Å²) >= 11 is 1.33. The molecule has 2 aliphatic heterocycles. The first-order valence-electron chi connectivity index (χ1n) is 10.4. The van der Waals surface area contributed by atoms with Gasteiger partial charge in [0, 0.05) is 43.7 Å². The number of aliphatic imine (C=N–C) groups is 1. The van der Waals surface area contributed by atoms with Crippen LogP contribution < -0.4 is 15.1 Å². The maximum absolute atomic E-state index is 12.5. The molecule has 0 saturated carbocycles. The number of amides is 2. The van der Waals surface area contributed by atoms with Crippen molar-refractivity contribution in [2.75, 3.05) is 41.9 Å². The van der Waals surface area contributed by atoms with E-state index in [0.29, 0.717) is 5.17 Å². The smallest absolute Gasteiger partial charge is 0.407 e. The lowest BCUT2D eigenvalue weighted by Gasteiger charge is -2.25. The van der Waals surface area contributed by atoms with Gasteiger partial charge in [-0.3, -0.25) is 4.79 Å². The van der Waals surface area contributed by atoms with Crippen molar-refractivity contribution in [3.63, 3.8) is 0 Å². The number of sulfone groups is 1. The lowest BCUT2D eigenvalue weighted by Crippen LogP contribution is -2.38. The third-order valence-corrected chi connectivity index (χ3v) is 8.15. The van der Waals surface area contributed by atoms with E-state index < -0.39 is 21.5 Å². The number of rotatable bonds is 5. The van der Waals surface area contributed by atoms with Crippen LogP contribution in [0.5, 0.6) is 0 Å². The van der Waals surface area contributed by atoms with E-state index in [4.69, 9.17) is 4.74 Å². The van der Waals surface area contributed by atoms with E-state index in [2.05, 4.69) is 10.3 Å². The Morgan fingerprint density at radius 2 is 1.88 bits per heavy atom. The Balaban J connectivity index is 1.73. The third-order valence-electron chi connectivity index (χ3n) is 4.94. The monoisotopic (exact) mass is 482 g/mol. The van der Waals surface area contributed by atoms with Gasteiger partial charge in [-0.05, 0) is 45.0 Å². The fourth-order valence-corrected chi connectivity index (χ4v) is 7.46. The van der Waals surface area contributed by atoms with E-state index in [9.17, 15) is 18.0 Å². The molecule has 0 unspecified atom stereocenters. The van der Waals surface area contributed by atoms with Crippen molar-refractivity contribution in [3.05, 3.63) is 24.3 Å². The molecule has 2 fully saturated rings. The average Bonchev–Trinajstić information content (AvgIpc) is 3.10. The van der Waals surface area contributed by atoms with Gasteiger partial charge in [0.25, 0.3) is 0 Å². The molecule has 2 amide bonds. The van der Waals surface area contributed by atoms with Gasteiger partial charge in [0.1, 0.15) is 5.60 Å². The molecular formula is C21H30N4O5S2. The SMILES string of the molecule is CN(C)c1ccc(N2C(=NC(=O)CCNC(=O)OC(C)(C)C)S[C@H]3CS(=O)(=O)C[C@H]32)cc1. The van der Waals surface area contributed by atoms with Crippen molar-refractivity contribution in [3.8, 4) is 0 Å². The van der Waals surface area contributed by atoms with Crippen LogP contribution in [-0.2, 0) is 19.4 Å². The molecule has 2 saturated heterocycles. The number of carbonyl (C=O) groups is 2. The number of anilines is 2. The van der Waals surface area contributed by atoms with E-state index in [1.54, 1.807) is 20.8 Å². The number of nitrogens with zero attached hydrogens (tertiary/aromatic N) is 3. The molecule has 32 heavy (non-hydrogen) atoms. The first-order valence-corrected chi connectivity index (χ1v) is 13.1. The zero-order chi connectivity index (χ0) is 23.7. The molecule has 0 radical (unpaired) electrons. The normalized spacial score (nSPS) is 23.2. The van der Waals surface area contributed by atoms with Gasteiger partial charge in [0.05, 0.1) is 17.5 Å². The third kappa shape index (κ3) is 6.16. The Kier molecular flexibility index (Phi) is 7.09. The van der Waals surface area contributed by atoms with Crippen LogP contribution >= 0.6 is 11.8 Å². The second-order valence-electron chi connectivity index (χ2n) is 9.05. The highest BCUT2D eigenvalue weighted by Gasteiger charge is 2.49. The van der Waals surface area contributed by atoms with Crippen molar-refractivity contribution in [2.45, 2.75) is 44.1 Å². The van der Waals surface area contributed by atoms with Crippen molar-refractivity contribution in [2.24, 2.45) is 4.99 Å². The van der Waals surface area contributed by atoms with Crippen LogP contribution in [0.3, 0.4) is 0 Å². The second-order valence-corrected chi connectivity index (χ2v) is 12.4. The number of amidine groups is 1. The fourth-order valence-electron chi connectivity index (χ4n) is 3.53. The molecule has 1 N–H and O–H groups in total. The van der Waals surface area contributed by atoms with Gasteiger partial charge in [0.2, 0.25) is 5.91 Å². The summed E-state index contributed by atoms with van der Waals surface area (Å²) < 4.78 is 29.5. The lowest BCUT2D eigenvalue weighted by molar-refractivity contribution is -0.117. The maximum Gasteiger partial charge on any atom is 0.407 e. The topological polar surface area (TPSA) is 108 Å². The van der Waals surface area contributed by atoms with Crippen molar-refractivity contribution < 1.29 is 22.7 Å². The van der Waals surface area contributed by atoms with Crippen LogP contribution in [-0.4, -0.2) is 74.6 Å². The second kappa shape index (κ2) is 9.30. The molecule has 9 nitrogen and oxygen atoms in total. The van der Waals surface area contributed by atoms with E-state index in [1.165, 1.54) is 11.8 Å². The van der Waals surface area contributed by atoms with Gasteiger partial charge in [0.15, 0.2) is 15.0 Å². The number of benzene rings is 1. The summed E-state index contributed by atoms with van der Waals surface area (Å²) in [6, 6.07) is 7.45. The number of thioether (sulfide) groups is 1. The number of fused-ring (bicyclic) bond motifs is 1. The summed E-state index contributed by atoms with van der Waals surface area (Å²) in [6.07, 6.45) is -0.569. The summed E-state index contributed by atoms with van der Waals surface area (Å²) in [4.78, 5) is 32.3. The van der Waals surface area contributed by atoms with E-state index >= 15 is 0 Å². The van der Waals surface area contributed by atoms with Gasteiger partial charge in [-0.1, -0.05) is 11.8 Å². The predicted octanol–water partition coefficient (Wildman–Crippen LogP) is 2.27. The number of alkyl carbamates (subject to hydrolysis) is 1. The number of hydrogen-bond acceptors (Lipinski definition) is 7. The molecule has 11 heteroatoms. The van der Waals surface area contributed by atoms with Gasteiger partial charge in [-0.15, -0.1) is 0 Å². The summed E-state index contributed by atoms with van der Waals surface area (Å²) in [5.74, 6) is -0.281. The number of nitrogens with one attached hydrogen (secondary N) is 1. The Labute approximate surface area is 193 Å². The van der Waals surface area contributed by atoms with Gasteiger partial charge in [-0.25, -0.2) is 13.2 Å². The first-order chi connectivity index (χ1) is 14.8. The molecule has 0 aromatic heterocycles. The van der Waals surface area contributed by atoms with Crippen LogP contribution in [0.2, 0.25) is 0 Å². The minimum Gasteiger partial charge on any atom is -0.444 e. The Morgan fingerprint density at radius 1 is 1.22 bits per heavy atom. The molecular weight excluding hydrogens is 452 g/mol. The van der Waals surface area contributed by atoms with Crippen molar-refractivity contribution in [1.82, 2.24) is 5.32 Å². The van der Waals surface area contributed by atoms with Crippen LogP contribution in [0.4, 0.5) is 16.2 Å². The molecule has 1 aromatic carbocycles. The summed E-state index contributed by atoms with van der Waals surface area (Å²) in [7, 11) is 0.753. The summed E-state index contributed by atoms with van der Waals surface area (Å²) in [5, 5.41) is 2.88. The molecule has 2 aliphatic rings. The molecule has 0 spiro atoms. The molecule has 176 valence electrons. The molecule has 0 bridgehead atoms. The highest BCUT2D eigenvalue weighted by molar-refractivity contribution is 8.16. The Bertz CT molecular complexity index is 1000. The standard InChI is InChI=1S/C21H30N4O5S2/c1-21(2,3)30-20(27)22-11-10-18(26)23-19-25(15-8-6-14(7-9-15)24(4)5)16-12-32(28,29)13-17(16)31-19/h6-9,16-17H,10-13H2,1-5H3,(H,22,27)/t16-,17+/m1/s1. The average molecular weight is 483 g/mol. The summed E-state index contributed by atoms with van der Waals surface area (Å²) in [6.45, 7) is 5.39. The van der Waals surface area contributed by atoms with E-state index in [1.807, 2.05) is 48.2 Å². The van der Waals surface area contributed by atoms with Crippen molar-refractivity contribution in [1.29, 1.82) is 0 Å². The largest absolute Gasteiger partial charge is 0.444 e.